The summed E-state index contributed by atoms with van der Waals surface area (Å²) in [7, 11) is 1.45. The maximum Gasteiger partial charge on any atom is 0.310 e. The number of para-hydroxylation sites is 1. The van der Waals surface area contributed by atoms with Crippen molar-refractivity contribution in [3.05, 3.63) is 29.8 Å². The summed E-state index contributed by atoms with van der Waals surface area (Å²) in [6.45, 7) is 3.85. The van der Waals surface area contributed by atoms with E-state index in [4.69, 9.17) is 15.2 Å². The van der Waals surface area contributed by atoms with Crippen molar-refractivity contribution in [3.8, 4) is 5.75 Å². The Morgan fingerprint density at radius 1 is 1.43 bits per heavy atom. The quantitative estimate of drug-likeness (QED) is 0.608. The minimum Gasteiger partial charge on any atom is -0.493 e. The predicted octanol–water partition coefficient (Wildman–Crippen LogP) is 1.41. The van der Waals surface area contributed by atoms with Gasteiger partial charge in [-0.15, -0.1) is 0 Å². The molecule has 2 N–H and O–H groups in total. The maximum atomic E-state index is 11.5. The van der Waals surface area contributed by atoms with E-state index in [0.29, 0.717) is 13.2 Å². The number of hydrogen-bond donors (Lipinski definition) is 1. The van der Waals surface area contributed by atoms with Gasteiger partial charge in [-0.05, 0) is 25.5 Å². The fourth-order valence-corrected chi connectivity index (χ4v) is 2.68. The lowest BCUT2D eigenvalue weighted by molar-refractivity contribution is -0.144. The number of carbonyl (C=O) groups excluding carboxylic acids is 1. The molecule has 1 aromatic rings. The molecule has 1 atom stereocenters. The molecule has 1 aromatic carbocycles. The van der Waals surface area contributed by atoms with Gasteiger partial charge in [0.25, 0.3) is 0 Å². The molecule has 5 heteroatoms. The zero-order valence-corrected chi connectivity index (χ0v) is 12.6. The minimum atomic E-state index is -0.0920. The molecule has 1 saturated heterocycles. The normalized spacial score (nSPS) is 18.7. The van der Waals surface area contributed by atoms with Crippen molar-refractivity contribution < 1.29 is 14.3 Å². The zero-order valence-electron chi connectivity index (χ0n) is 12.6. The molecule has 1 aliphatic rings. The lowest BCUT2D eigenvalue weighted by Crippen LogP contribution is -2.25. The van der Waals surface area contributed by atoms with Gasteiger partial charge in [-0.2, -0.15) is 0 Å². The van der Waals surface area contributed by atoms with Crippen LogP contribution in [0.3, 0.4) is 0 Å². The molecule has 1 unspecified atom stereocenters. The standard InChI is InChI=1S/C16H24N2O3/c1-20-16(19)14-7-9-18(12-14)8-4-10-21-15-6-3-2-5-13(15)11-17/h2-3,5-6,14H,4,7-12,17H2,1H3. The summed E-state index contributed by atoms with van der Waals surface area (Å²) in [5.74, 6) is 0.813. The number of benzene rings is 1. The fourth-order valence-electron chi connectivity index (χ4n) is 2.68. The highest BCUT2D eigenvalue weighted by Crippen LogP contribution is 2.19. The van der Waals surface area contributed by atoms with Crippen LogP contribution in [0.15, 0.2) is 24.3 Å². The molecule has 1 fully saturated rings. The second-order valence-electron chi connectivity index (χ2n) is 5.32. The van der Waals surface area contributed by atoms with Gasteiger partial charge in [0.15, 0.2) is 0 Å². The molecule has 0 aliphatic carbocycles. The van der Waals surface area contributed by atoms with Crippen LogP contribution in [0.4, 0.5) is 0 Å². The van der Waals surface area contributed by atoms with Gasteiger partial charge in [0.05, 0.1) is 19.6 Å². The average molecular weight is 292 g/mol. The SMILES string of the molecule is COC(=O)C1CCN(CCCOc2ccccc2CN)C1. The molecule has 0 spiro atoms. The van der Waals surface area contributed by atoms with E-state index >= 15 is 0 Å². The smallest absolute Gasteiger partial charge is 0.310 e. The topological polar surface area (TPSA) is 64.8 Å². The number of carbonyl (C=O) groups is 1. The average Bonchev–Trinajstić information content (AvgIpc) is 3.00. The third-order valence-electron chi connectivity index (χ3n) is 3.88. The molecule has 0 aromatic heterocycles. The van der Waals surface area contributed by atoms with Gasteiger partial charge in [-0.3, -0.25) is 4.79 Å². The van der Waals surface area contributed by atoms with E-state index in [2.05, 4.69) is 4.90 Å². The van der Waals surface area contributed by atoms with E-state index in [-0.39, 0.29) is 11.9 Å². The highest BCUT2D eigenvalue weighted by molar-refractivity contribution is 5.72. The van der Waals surface area contributed by atoms with Crippen molar-refractivity contribution in [2.45, 2.75) is 19.4 Å². The van der Waals surface area contributed by atoms with Crippen LogP contribution in [0.1, 0.15) is 18.4 Å². The van der Waals surface area contributed by atoms with Crippen LogP contribution >= 0.6 is 0 Å². The Bertz CT molecular complexity index is 465. The van der Waals surface area contributed by atoms with Crippen molar-refractivity contribution in [1.82, 2.24) is 4.90 Å². The lowest BCUT2D eigenvalue weighted by atomic mass is 10.1. The summed E-state index contributed by atoms with van der Waals surface area (Å²) in [6.07, 6.45) is 1.83. The first-order valence-electron chi connectivity index (χ1n) is 7.45. The van der Waals surface area contributed by atoms with Crippen molar-refractivity contribution in [1.29, 1.82) is 0 Å². The van der Waals surface area contributed by atoms with Crippen molar-refractivity contribution in [2.24, 2.45) is 11.7 Å². The molecule has 1 aliphatic heterocycles. The Morgan fingerprint density at radius 3 is 3.00 bits per heavy atom. The molecule has 2 rings (SSSR count). The molecule has 5 nitrogen and oxygen atoms in total. The number of ether oxygens (including phenoxy) is 2. The van der Waals surface area contributed by atoms with Gasteiger partial charge >= 0.3 is 5.97 Å². The summed E-state index contributed by atoms with van der Waals surface area (Å²) in [5, 5.41) is 0. The van der Waals surface area contributed by atoms with Gasteiger partial charge in [0, 0.05) is 25.2 Å². The van der Waals surface area contributed by atoms with E-state index in [0.717, 1.165) is 43.8 Å². The third kappa shape index (κ3) is 4.44. The zero-order chi connectivity index (χ0) is 15.1. The van der Waals surface area contributed by atoms with Crippen molar-refractivity contribution in [3.63, 3.8) is 0 Å². The molecule has 21 heavy (non-hydrogen) atoms. The van der Waals surface area contributed by atoms with E-state index in [1.807, 2.05) is 24.3 Å². The van der Waals surface area contributed by atoms with Crippen molar-refractivity contribution >= 4 is 5.97 Å². The summed E-state index contributed by atoms with van der Waals surface area (Å²) in [6, 6.07) is 7.85. The third-order valence-corrected chi connectivity index (χ3v) is 3.88. The Morgan fingerprint density at radius 2 is 2.24 bits per heavy atom. The van der Waals surface area contributed by atoms with Crippen LogP contribution < -0.4 is 10.5 Å². The monoisotopic (exact) mass is 292 g/mol. The van der Waals surface area contributed by atoms with Crippen LogP contribution in [0.2, 0.25) is 0 Å². The molecule has 0 bridgehead atoms. The summed E-state index contributed by atoms with van der Waals surface area (Å²) in [5.41, 5.74) is 6.71. The van der Waals surface area contributed by atoms with Crippen molar-refractivity contribution in [2.75, 3.05) is 33.4 Å². The van der Waals surface area contributed by atoms with Gasteiger partial charge < -0.3 is 20.1 Å². The van der Waals surface area contributed by atoms with E-state index in [1.54, 1.807) is 0 Å². The highest BCUT2D eigenvalue weighted by Gasteiger charge is 2.28. The first-order chi connectivity index (χ1) is 10.2. The largest absolute Gasteiger partial charge is 0.493 e. The number of nitrogens with zero attached hydrogens (tertiary/aromatic N) is 1. The second-order valence-corrected chi connectivity index (χ2v) is 5.32. The highest BCUT2D eigenvalue weighted by atomic mass is 16.5. The van der Waals surface area contributed by atoms with Crippen LogP contribution in [0, 0.1) is 5.92 Å². The molecule has 1 heterocycles. The summed E-state index contributed by atoms with van der Waals surface area (Å²) < 4.78 is 10.6. The molecular formula is C16H24N2O3. The van der Waals surface area contributed by atoms with Crippen LogP contribution in [0.25, 0.3) is 0 Å². The van der Waals surface area contributed by atoms with E-state index in [9.17, 15) is 4.79 Å². The van der Waals surface area contributed by atoms with E-state index < -0.39 is 0 Å². The minimum absolute atomic E-state index is 0.0360. The molecular weight excluding hydrogens is 268 g/mol. The Labute approximate surface area is 126 Å². The number of rotatable bonds is 7. The molecule has 0 amide bonds. The molecule has 116 valence electrons. The lowest BCUT2D eigenvalue weighted by Gasteiger charge is -2.16. The van der Waals surface area contributed by atoms with Crippen LogP contribution in [-0.4, -0.2) is 44.2 Å². The number of likely N-dealkylation sites (tertiary alicyclic amines) is 1. The predicted molar refractivity (Wildman–Crippen MR) is 81.0 cm³/mol. The molecule has 0 radical (unpaired) electrons. The fraction of sp³-hybridized carbons (Fsp3) is 0.562. The Kier molecular flexibility index (Phi) is 6.02. The first-order valence-corrected chi connectivity index (χ1v) is 7.45. The summed E-state index contributed by atoms with van der Waals surface area (Å²) in [4.78, 5) is 13.8. The number of esters is 1. The maximum absolute atomic E-state index is 11.5. The number of nitrogens with two attached hydrogens (primary N) is 1. The van der Waals surface area contributed by atoms with E-state index in [1.165, 1.54) is 7.11 Å². The Hall–Kier alpha value is -1.59. The van der Waals surface area contributed by atoms with Crippen LogP contribution in [-0.2, 0) is 16.1 Å². The second kappa shape index (κ2) is 8.00. The first kappa shape index (κ1) is 15.8. The van der Waals surface area contributed by atoms with Gasteiger partial charge in [-0.1, -0.05) is 18.2 Å². The summed E-state index contributed by atoms with van der Waals surface area (Å²) >= 11 is 0. The van der Waals surface area contributed by atoms with Gasteiger partial charge in [-0.25, -0.2) is 0 Å². The van der Waals surface area contributed by atoms with Gasteiger partial charge in [0.1, 0.15) is 5.75 Å². The number of methoxy groups -OCH3 is 1. The van der Waals surface area contributed by atoms with Gasteiger partial charge in [0.2, 0.25) is 0 Å². The molecule has 0 saturated carbocycles. The Balaban J connectivity index is 1.68. The number of hydrogen-bond acceptors (Lipinski definition) is 5. The van der Waals surface area contributed by atoms with Crippen LogP contribution in [0.5, 0.6) is 5.75 Å².